The first-order valence-electron chi connectivity index (χ1n) is 5.93. The van der Waals surface area contributed by atoms with Crippen LogP contribution in [-0.2, 0) is 14.2 Å². The first-order chi connectivity index (χ1) is 9.11. The van der Waals surface area contributed by atoms with E-state index in [0.717, 1.165) is 12.8 Å². The molecule has 19 heavy (non-hydrogen) atoms. The summed E-state index contributed by atoms with van der Waals surface area (Å²) >= 11 is 0. The van der Waals surface area contributed by atoms with Crippen LogP contribution in [0.3, 0.4) is 0 Å². The highest BCUT2D eigenvalue weighted by Gasteiger charge is 2.14. The van der Waals surface area contributed by atoms with E-state index in [4.69, 9.17) is 14.6 Å². The lowest BCUT2D eigenvalue weighted by Gasteiger charge is -2.09. The monoisotopic (exact) mass is 268 g/mol. The van der Waals surface area contributed by atoms with Gasteiger partial charge in [0.2, 0.25) is 0 Å². The van der Waals surface area contributed by atoms with Crippen molar-refractivity contribution in [3.05, 3.63) is 35.8 Å². The molecule has 0 saturated carbocycles. The first kappa shape index (κ1) is 14.8. The van der Waals surface area contributed by atoms with Crippen molar-refractivity contribution in [2.45, 2.75) is 26.2 Å². The van der Waals surface area contributed by atoms with Crippen LogP contribution < -0.4 is 0 Å². The van der Waals surface area contributed by atoms with E-state index in [0.29, 0.717) is 6.61 Å². The molecule has 0 aromatic carbocycles. The number of allylic oxidation sites excluding steroid dienone is 4. The van der Waals surface area contributed by atoms with Gasteiger partial charge in [-0.25, -0.2) is 9.59 Å². The second-order valence-electron chi connectivity index (χ2n) is 3.75. The van der Waals surface area contributed by atoms with E-state index in [1.165, 1.54) is 6.08 Å². The molecule has 0 aromatic heterocycles. The summed E-state index contributed by atoms with van der Waals surface area (Å²) in [7, 11) is 0. The maximum atomic E-state index is 11.3. The van der Waals surface area contributed by atoms with Crippen molar-refractivity contribution in [2.75, 3.05) is 6.61 Å². The molecule has 0 radical (unpaired) electrons. The number of carboxylic acid groups (broad SMARTS) is 1. The maximum absolute atomic E-state index is 11.3. The van der Waals surface area contributed by atoms with E-state index in [1.807, 2.05) is 6.92 Å². The molecule has 0 amide bonds. The largest absolute Gasteiger partial charge is 0.513 e. The van der Waals surface area contributed by atoms with Crippen LogP contribution in [0.2, 0.25) is 0 Å². The smallest absolute Gasteiger partial charge is 0.449 e. The molecule has 0 bridgehead atoms. The summed E-state index contributed by atoms with van der Waals surface area (Å²) in [6, 6.07) is 0. The SMILES string of the molecule is CCCCOC(=O)OC1=CC=CC=C(OC(=O)O)C1. The van der Waals surface area contributed by atoms with Crippen molar-refractivity contribution in [3.63, 3.8) is 0 Å². The van der Waals surface area contributed by atoms with E-state index in [9.17, 15) is 9.59 Å². The van der Waals surface area contributed by atoms with Crippen LogP contribution in [0.5, 0.6) is 0 Å². The molecule has 1 N–H and O–H groups in total. The second-order valence-corrected chi connectivity index (χ2v) is 3.75. The molecule has 0 heterocycles. The Morgan fingerprint density at radius 1 is 1.21 bits per heavy atom. The van der Waals surface area contributed by atoms with Crippen LogP contribution in [0.25, 0.3) is 0 Å². The van der Waals surface area contributed by atoms with Crippen LogP contribution in [0.4, 0.5) is 9.59 Å². The minimum atomic E-state index is -1.41. The molecule has 0 atom stereocenters. The van der Waals surface area contributed by atoms with Crippen LogP contribution >= 0.6 is 0 Å². The fourth-order valence-corrected chi connectivity index (χ4v) is 1.30. The summed E-state index contributed by atoms with van der Waals surface area (Å²) in [6.45, 7) is 2.28. The Bertz CT molecular complexity index is 419. The molecular weight excluding hydrogens is 252 g/mol. The summed E-state index contributed by atoms with van der Waals surface area (Å²) in [4.78, 5) is 21.8. The third kappa shape index (κ3) is 6.30. The molecular formula is C13H16O6. The Hall–Kier alpha value is -2.24. The predicted molar refractivity (Wildman–Crippen MR) is 66.4 cm³/mol. The molecule has 104 valence electrons. The lowest BCUT2D eigenvalue weighted by molar-refractivity contribution is 0.0729. The molecule has 0 saturated heterocycles. The van der Waals surface area contributed by atoms with Gasteiger partial charge in [-0.1, -0.05) is 25.5 Å². The second kappa shape index (κ2) is 7.97. The fraction of sp³-hybridized carbons (Fsp3) is 0.385. The van der Waals surface area contributed by atoms with Crippen LogP contribution in [-0.4, -0.2) is 24.0 Å². The highest BCUT2D eigenvalue weighted by molar-refractivity contribution is 5.62. The van der Waals surface area contributed by atoms with E-state index < -0.39 is 12.3 Å². The van der Waals surface area contributed by atoms with Gasteiger partial charge < -0.3 is 19.3 Å². The summed E-state index contributed by atoms with van der Waals surface area (Å²) in [6.07, 6.45) is 5.79. The van der Waals surface area contributed by atoms with Crippen LogP contribution in [0.1, 0.15) is 26.2 Å². The average molecular weight is 268 g/mol. The normalized spacial score (nSPS) is 13.9. The van der Waals surface area contributed by atoms with E-state index in [-0.39, 0.29) is 17.9 Å². The number of hydrogen-bond donors (Lipinski definition) is 1. The predicted octanol–water partition coefficient (Wildman–Crippen LogP) is 3.36. The number of carbonyl (C=O) groups is 2. The van der Waals surface area contributed by atoms with Crippen molar-refractivity contribution in [1.82, 2.24) is 0 Å². The molecule has 0 aromatic rings. The van der Waals surface area contributed by atoms with Gasteiger partial charge in [0.15, 0.2) is 0 Å². The Morgan fingerprint density at radius 3 is 2.42 bits per heavy atom. The molecule has 1 rings (SSSR count). The quantitative estimate of drug-likeness (QED) is 0.608. The molecule has 6 nitrogen and oxygen atoms in total. The summed E-state index contributed by atoms with van der Waals surface area (Å²) in [5, 5.41) is 8.53. The van der Waals surface area contributed by atoms with E-state index >= 15 is 0 Å². The summed E-state index contributed by atoms with van der Waals surface area (Å²) < 4.78 is 14.3. The molecule has 0 unspecified atom stereocenters. The van der Waals surface area contributed by atoms with Gasteiger partial charge in [0.25, 0.3) is 0 Å². The Balaban J connectivity index is 2.47. The third-order valence-electron chi connectivity index (χ3n) is 2.17. The van der Waals surface area contributed by atoms with Gasteiger partial charge in [0.1, 0.15) is 11.5 Å². The van der Waals surface area contributed by atoms with Crippen molar-refractivity contribution in [2.24, 2.45) is 0 Å². The number of hydrogen-bond acceptors (Lipinski definition) is 5. The average Bonchev–Trinajstić information content (AvgIpc) is 2.54. The van der Waals surface area contributed by atoms with Gasteiger partial charge in [0, 0.05) is 0 Å². The van der Waals surface area contributed by atoms with Crippen molar-refractivity contribution in [3.8, 4) is 0 Å². The minimum Gasteiger partial charge on any atom is -0.449 e. The molecule has 1 aliphatic carbocycles. The lowest BCUT2D eigenvalue weighted by atomic mass is 10.3. The van der Waals surface area contributed by atoms with Gasteiger partial charge >= 0.3 is 12.3 Å². The van der Waals surface area contributed by atoms with Gasteiger partial charge in [-0.2, -0.15) is 0 Å². The Labute approximate surface area is 111 Å². The zero-order valence-corrected chi connectivity index (χ0v) is 10.6. The number of ether oxygens (including phenoxy) is 3. The van der Waals surface area contributed by atoms with Gasteiger partial charge in [-0.15, -0.1) is 0 Å². The van der Waals surface area contributed by atoms with Gasteiger partial charge in [0.05, 0.1) is 13.0 Å². The number of carbonyl (C=O) groups excluding carboxylic acids is 1. The molecule has 0 aliphatic heterocycles. The zero-order valence-electron chi connectivity index (χ0n) is 10.6. The van der Waals surface area contributed by atoms with Gasteiger partial charge in [-0.3, -0.25) is 0 Å². The highest BCUT2D eigenvalue weighted by atomic mass is 16.7. The molecule has 0 spiro atoms. The van der Waals surface area contributed by atoms with E-state index in [1.54, 1.807) is 18.2 Å². The Morgan fingerprint density at radius 2 is 1.84 bits per heavy atom. The minimum absolute atomic E-state index is 0.0716. The topological polar surface area (TPSA) is 82.1 Å². The maximum Gasteiger partial charge on any atom is 0.513 e. The van der Waals surface area contributed by atoms with Crippen LogP contribution in [0, 0.1) is 0 Å². The number of unbranched alkanes of at least 4 members (excludes halogenated alkanes) is 1. The van der Waals surface area contributed by atoms with E-state index in [2.05, 4.69) is 4.74 Å². The van der Waals surface area contributed by atoms with Crippen LogP contribution in [0.15, 0.2) is 35.8 Å². The van der Waals surface area contributed by atoms with Gasteiger partial charge in [-0.05, 0) is 18.6 Å². The van der Waals surface area contributed by atoms with Crippen molar-refractivity contribution in [1.29, 1.82) is 0 Å². The molecule has 1 aliphatic rings. The summed E-state index contributed by atoms with van der Waals surface area (Å²) in [5.41, 5.74) is 0. The standard InChI is InChI=1S/C13H16O6/c1-2-3-8-17-13(16)19-11-7-5-4-6-10(9-11)18-12(14)15/h4-7H,2-3,8-9H2,1H3,(H,14,15). The van der Waals surface area contributed by atoms with Crippen molar-refractivity contribution >= 4 is 12.3 Å². The highest BCUT2D eigenvalue weighted by Crippen LogP contribution is 2.17. The summed E-state index contributed by atoms with van der Waals surface area (Å²) in [5.74, 6) is 0.441. The first-order valence-corrected chi connectivity index (χ1v) is 5.93. The third-order valence-corrected chi connectivity index (χ3v) is 2.17. The lowest BCUT2D eigenvalue weighted by Crippen LogP contribution is -2.09. The number of rotatable bonds is 5. The Kier molecular flexibility index (Phi) is 6.21. The molecule has 0 fully saturated rings. The molecule has 6 heteroatoms. The zero-order chi connectivity index (χ0) is 14.1. The fourth-order valence-electron chi connectivity index (χ4n) is 1.30. The van der Waals surface area contributed by atoms with Crippen molar-refractivity contribution < 1.29 is 28.9 Å².